The highest BCUT2D eigenvalue weighted by molar-refractivity contribution is 5.93. The maximum atomic E-state index is 12.4. The first kappa shape index (κ1) is 16.6. The fourth-order valence-corrected chi connectivity index (χ4v) is 2.57. The normalized spacial score (nSPS) is 10.5. The molecular weight excluding hydrogens is 322 g/mol. The van der Waals surface area contributed by atoms with Crippen LogP contribution < -0.4 is 20.2 Å². The van der Waals surface area contributed by atoms with Crippen LogP contribution in [0.4, 0.5) is 0 Å². The van der Waals surface area contributed by atoms with Gasteiger partial charge in [-0.1, -0.05) is 24.3 Å². The van der Waals surface area contributed by atoms with E-state index in [-0.39, 0.29) is 17.7 Å². The first-order valence-electron chi connectivity index (χ1n) is 7.65. The van der Waals surface area contributed by atoms with E-state index < -0.39 is 5.91 Å². The largest absolute Gasteiger partial charge is 0.493 e. The van der Waals surface area contributed by atoms with Crippen molar-refractivity contribution in [3.8, 4) is 11.5 Å². The zero-order chi connectivity index (χ0) is 17.8. The monoisotopic (exact) mass is 339 g/mol. The summed E-state index contributed by atoms with van der Waals surface area (Å²) in [5.41, 5.74) is 0.864. The van der Waals surface area contributed by atoms with E-state index in [2.05, 4.69) is 5.32 Å². The Bertz CT molecular complexity index is 977. The molecule has 25 heavy (non-hydrogen) atoms. The summed E-state index contributed by atoms with van der Waals surface area (Å²) in [6.07, 6.45) is 0. The average molecular weight is 339 g/mol. The number of rotatable bonds is 5. The van der Waals surface area contributed by atoms with E-state index in [9.17, 15) is 9.59 Å². The number of nitrogens with one attached hydrogen (secondary N) is 1. The molecule has 0 unspecified atom stereocenters. The van der Waals surface area contributed by atoms with Crippen molar-refractivity contribution < 1.29 is 18.7 Å². The molecule has 0 saturated heterocycles. The summed E-state index contributed by atoms with van der Waals surface area (Å²) in [5.74, 6) is 0.607. The van der Waals surface area contributed by atoms with Crippen LogP contribution in [0.15, 0.2) is 57.7 Å². The summed E-state index contributed by atoms with van der Waals surface area (Å²) < 4.78 is 16.1. The lowest BCUT2D eigenvalue weighted by atomic mass is 10.1. The summed E-state index contributed by atoms with van der Waals surface area (Å²) >= 11 is 0. The molecule has 0 saturated carbocycles. The molecule has 0 radical (unpaired) electrons. The van der Waals surface area contributed by atoms with E-state index in [1.807, 2.05) is 6.07 Å². The van der Waals surface area contributed by atoms with Crippen molar-refractivity contribution in [1.82, 2.24) is 5.32 Å². The SMILES string of the molecule is COc1cccc(CNC(=O)c2cc(=O)c3ccccc3o2)c1OC. The molecule has 1 amide bonds. The summed E-state index contributed by atoms with van der Waals surface area (Å²) in [6.45, 7) is 0.204. The third-order valence-electron chi connectivity index (χ3n) is 3.78. The third kappa shape index (κ3) is 3.33. The summed E-state index contributed by atoms with van der Waals surface area (Å²) in [4.78, 5) is 24.4. The fraction of sp³-hybridized carbons (Fsp3) is 0.158. The van der Waals surface area contributed by atoms with Gasteiger partial charge in [-0.2, -0.15) is 0 Å². The molecule has 0 aliphatic carbocycles. The highest BCUT2D eigenvalue weighted by Gasteiger charge is 2.14. The van der Waals surface area contributed by atoms with E-state index in [0.717, 1.165) is 5.56 Å². The van der Waals surface area contributed by atoms with Crippen LogP contribution in [0.3, 0.4) is 0 Å². The van der Waals surface area contributed by atoms with E-state index in [0.29, 0.717) is 22.5 Å². The Morgan fingerprint density at radius 2 is 1.88 bits per heavy atom. The van der Waals surface area contributed by atoms with Crippen molar-refractivity contribution in [3.63, 3.8) is 0 Å². The van der Waals surface area contributed by atoms with Gasteiger partial charge in [-0.3, -0.25) is 9.59 Å². The Hall–Kier alpha value is -3.28. The van der Waals surface area contributed by atoms with Crippen LogP contribution in [0.5, 0.6) is 11.5 Å². The first-order chi connectivity index (χ1) is 12.1. The molecule has 0 fully saturated rings. The second-order valence-electron chi connectivity index (χ2n) is 5.31. The minimum absolute atomic E-state index is 0.0365. The number of para-hydroxylation sites is 2. The van der Waals surface area contributed by atoms with Crippen LogP contribution in [0.2, 0.25) is 0 Å². The summed E-state index contributed by atoms with van der Waals surface area (Å²) in [7, 11) is 3.08. The quantitative estimate of drug-likeness (QED) is 0.773. The van der Waals surface area contributed by atoms with Gasteiger partial charge >= 0.3 is 0 Å². The Morgan fingerprint density at radius 3 is 2.64 bits per heavy atom. The standard InChI is InChI=1S/C19H17NO5/c1-23-16-9-5-6-12(18(16)24-2)11-20-19(22)17-10-14(21)13-7-3-4-8-15(13)25-17/h3-10H,11H2,1-2H3,(H,20,22). The van der Waals surface area contributed by atoms with E-state index in [1.54, 1.807) is 43.5 Å². The van der Waals surface area contributed by atoms with Gasteiger partial charge in [-0.05, 0) is 18.2 Å². The molecule has 2 aromatic carbocycles. The predicted octanol–water partition coefficient (Wildman–Crippen LogP) is 2.74. The molecule has 3 rings (SSSR count). The number of methoxy groups -OCH3 is 2. The maximum absolute atomic E-state index is 12.4. The number of benzene rings is 2. The molecule has 1 heterocycles. The lowest BCUT2D eigenvalue weighted by molar-refractivity contribution is 0.0923. The van der Waals surface area contributed by atoms with E-state index in [1.165, 1.54) is 13.2 Å². The molecule has 3 aromatic rings. The first-order valence-corrected chi connectivity index (χ1v) is 7.65. The Balaban J connectivity index is 1.83. The molecule has 128 valence electrons. The number of hydrogen-bond donors (Lipinski definition) is 1. The van der Waals surface area contributed by atoms with Gasteiger partial charge in [0.25, 0.3) is 5.91 Å². The van der Waals surface area contributed by atoms with Crippen LogP contribution in [-0.2, 0) is 6.54 Å². The van der Waals surface area contributed by atoms with Crippen LogP contribution in [0.25, 0.3) is 11.0 Å². The van der Waals surface area contributed by atoms with Crippen molar-refractivity contribution >= 4 is 16.9 Å². The lowest BCUT2D eigenvalue weighted by Crippen LogP contribution is -2.24. The van der Waals surface area contributed by atoms with Crippen LogP contribution in [-0.4, -0.2) is 20.1 Å². The fourth-order valence-electron chi connectivity index (χ4n) is 2.57. The Labute approximate surface area is 144 Å². The minimum Gasteiger partial charge on any atom is -0.493 e. The van der Waals surface area contributed by atoms with Crippen molar-refractivity contribution in [2.75, 3.05) is 14.2 Å². The van der Waals surface area contributed by atoms with Gasteiger partial charge in [0, 0.05) is 18.2 Å². The molecule has 0 bridgehead atoms. The van der Waals surface area contributed by atoms with E-state index in [4.69, 9.17) is 13.9 Å². The van der Waals surface area contributed by atoms with Crippen molar-refractivity contribution in [3.05, 3.63) is 70.1 Å². The number of amides is 1. The second-order valence-corrected chi connectivity index (χ2v) is 5.31. The van der Waals surface area contributed by atoms with Gasteiger partial charge in [0.15, 0.2) is 22.7 Å². The zero-order valence-electron chi connectivity index (χ0n) is 13.9. The zero-order valence-corrected chi connectivity index (χ0v) is 13.9. The molecule has 0 aliphatic rings. The Morgan fingerprint density at radius 1 is 1.08 bits per heavy atom. The van der Waals surface area contributed by atoms with Gasteiger partial charge in [-0.25, -0.2) is 0 Å². The maximum Gasteiger partial charge on any atom is 0.287 e. The second kappa shape index (κ2) is 7.09. The van der Waals surface area contributed by atoms with Crippen molar-refractivity contribution in [2.45, 2.75) is 6.54 Å². The highest BCUT2D eigenvalue weighted by atomic mass is 16.5. The smallest absolute Gasteiger partial charge is 0.287 e. The molecule has 6 heteroatoms. The third-order valence-corrected chi connectivity index (χ3v) is 3.78. The number of ether oxygens (including phenoxy) is 2. The van der Waals surface area contributed by atoms with Gasteiger partial charge in [0.1, 0.15) is 5.58 Å². The lowest BCUT2D eigenvalue weighted by Gasteiger charge is -2.13. The van der Waals surface area contributed by atoms with Crippen molar-refractivity contribution in [2.24, 2.45) is 0 Å². The molecule has 0 aliphatic heterocycles. The molecule has 0 atom stereocenters. The number of carbonyl (C=O) groups is 1. The van der Waals surface area contributed by atoms with E-state index >= 15 is 0 Å². The predicted molar refractivity (Wildman–Crippen MR) is 93.2 cm³/mol. The molecule has 6 nitrogen and oxygen atoms in total. The summed E-state index contributed by atoms with van der Waals surface area (Å²) in [6, 6.07) is 13.4. The molecule has 1 aromatic heterocycles. The summed E-state index contributed by atoms with van der Waals surface area (Å²) in [5, 5.41) is 3.16. The van der Waals surface area contributed by atoms with Crippen molar-refractivity contribution in [1.29, 1.82) is 0 Å². The number of fused-ring (bicyclic) bond motifs is 1. The topological polar surface area (TPSA) is 77.8 Å². The molecular formula is C19H17NO5. The van der Waals surface area contributed by atoms with Gasteiger partial charge in [0.2, 0.25) is 0 Å². The van der Waals surface area contributed by atoms with Gasteiger partial charge in [0.05, 0.1) is 19.6 Å². The van der Waals surface area contributed by atoms with Gasteiger partial charge in [-0.15, -0.1) is 0 Å². The van der Waals surface area contributed by atoms with Crippen LogP contribution >= 0.6 is 0 Å². The number of hydrogen-bond acceptors (Lipinski definition) is 5. The molecule has 1 N–H and O–H groups in total. The van der Waals surface area contributed by atoms with Crippen LogP contribution in [0.1, 0.15) is 16.1 Å². The Kier molecular flexibility index (Phi) is 4.70. The minimum atomic E-state index is -0.479. The average Bonchev–Trinajstić information content (AvgIpc) is 2.65. The molecule has 0 spiro atoms. The number of carbonyl (C=O) groups excluding carboxylic acids is 1. The van der Waals surface area contributed by atoms with Crippen LogP contribution in [0, 0.1) is 0 Å². The van der Waals surface area contributed by atoms with Gasteiger partial charge < -0.3 is 19.2 Å². The highest BCUT2D eigenvalue weighted by Crippen LogP contribution is 2.30.